The molecule has 1 saturated heterocycles. The molecule has 38 heavy (non-hydrogen) atoms. The van der Waals surface area contributed by atoms with Gasteiger partial charge in [0.05, 0.1) is 35.0 Å². The first kappa shape index (κ1) is 28.1. The van der Waals surface area contributed by atoms with Crippen LogP contribution in [0.3, 0.4) is 0 Å². The molecule has 12 heteroatoms. The highest BCUT2D eigenvalue weighted by Gasteiger charge is 2.31. The number of amidine groups is 1. The topological polar surface area (TPSA) is 132 Å². The number of benzene rings is 1. The van der Waals surface area contributed by atoms with Gasteiger partial charge in [0.25, 0.3) is 0 Å². The number of hydrogen-bond donors (Lipinski definition) is 3. The Hall–Kier alpha value is -2.93. The second-order valence-electron chi connectivity index (χ2n) is 9.53. The highest BCUT2D eigenvalue weighted by Crippen LogP contribution is 2.32. The Balaban J connectivity index is 1.70. The monoisotopic (exact) mass is 546 g/mol. The molecule has 0 amide bonds. The summed E-state index contributed by atoms with van der Waals surface area (Å²) in [5.41, 5.74) is 3.28. The number of hydrogen-bond acceptors (Lipinski definition) is 9. The lowest BCUT2D eigenvalue weighted by atomic mass is 10.0. The number of fused-ring (bicyclic) bond motifs is 1. The number of aromatic nitrogens is 1. The average Bonchev–Trinajstić information content (AvgIpc) is 3.23. The fourth-order valence-corrected chi connectivity index (χ4v) is 6.53. The van der Waals surface area contributed by atoms with Crippen molar-refractivity contribution in [2.45, 2.75) is 51.0 Å². The molecule has 3 N–H and O–H groups in total. The number of rotatable bonds is 11. The van der Waals surface area contributed by atoms with E-state index in [1.54, 1.807) is 22.9 Å². The normalized spacial score (nSPS) is 18.8. The van der Waals surface area contributed by atoms with Crippen LogP contribution in [-0.4, -0.2) is 90.6 Å². The van der Waals surface area contributed by atoms with Crippen LogP contribution in [0.4, 0.5) is 0 Å². The minimum absolute atomic E-state index is 0.0601. The van der Waals surface area contributed by atoms with Crippen molar-refractivity contribution in [3.05, 3.63) is 46.8 Å². The van der Waals surface area contributed by atoms with Crippen LogP contribution in [0.15, 0.2) is 39.5 Å². The van der Waals surface area contributed by atoms with E-state index in [4.69, 9.17) is 20.2 Å². The molecule has 11 nitrogen and oxygen atoms in total. The molecule has 0 spiro atoms. The van der Waals surface area contributed by atoms with Gasteiger partial charge in [0, 0.05) is 51.1 Å². The largest absolute Gasteiger partial charge is 0.493 e. The molecule has 2 aliphatic heterocycles. The number of oxime groups is 1. The van der Waals surface area contributed by atoms with E-state index < -0.39 is 10.0 Å². The molecular weight excluding hydrogens is 508 g/mol. The zero-order valence-corrected chi connectivity index (χ0v) is 23.1. The fraction of sp³-hybridized carbons (Fsp3) is 0.538. The first-order valence-electron chi connectivity index (χ1n) is 13.2. The van der Waals surface area contributed by atoms with Gasteiger partial charge in [0.1, 0.15) is 5.75 Å². The molecule has 1 aromatic heterocycles. The van der Waals surface area contributed by atoms with Gasteiger partial charge in [-0.2, -0.15) is 4.31 Å². The maximum Gasteiger partial charge on any atom is 0.243 e. The van der Waals surface area contributed by atoms with Gasteiger partial charge in [-0.1, -0.05) is 18.5 Å². The Bertz CT molecular complexity index is 1280. The molecule has 3 heterocycles. The molecule has 4 rings (SSSR count). The van der Waals surface area contributed by atoms with Crippen molar-refractivity contribution in [3.8, 4) is 5.75 Å². The Labute approximate surface area is 224 Å². The van der Waals surface area contributed by atoms with Crippen LogP contribution in [0, 0.1) is 6.92 Å². The lowest BCUT2D eigenvalue weighted by molar-refractivity contribution is 0.171. The van der Waals surface area contributed by atoms with Crippen LogP contribution in [0.5, 0.6) is 5.75 Å². The molecule has 0 aliphatic carbocycles. The number of piperazine rings is 1. The highest BCUT2D eigenvalue weighted by molar-refractivity contribution is 7.89. The molecule has 1 aromatic carbocycles. The third-order valence-electron chi connectivity index (χ3n) is 7.06. The van der Waals surface area contributed by atoms with Crippen LogP contribution in [0.1, 0.15) is 61.5 Å². The predicted octanol–water partition coefficient (Wildman–Crippen LogP) is 2.35. The van der Waals surface area contributed by atoms with Gasteiger partial charge in [-0.05, 0) is 50.5 Å². The van der Waals surface area contributed by atoms with E-state index in [-0.39, 0.29) is 17.5 Å². The van der Waals surface area contributed by atoms with E-state index in [9.17, 15) is 8.42 Å². The fourth-order valence-electron chi connectivity index (χ4n) is 5.09. The third kappa shape index (κ3) is 5.73. The maximum atomic E-state index is 13.6. The van der Waals surface area contributed by atoms with Crippen molar-refractivity contribution in [2.75, 3.05) is 45.9 Å². The molecule has 2 aliphatic rings. The Kier molecular flexibility index (Phi) is 9.08. The number of aliphatic hydroxyl groups excluding tert-OH is 1. The van der Waals surface area contributed by atoms with Gasteiger partial charge in [-0.25, -0.2) is 13.1 Å². The average molecular weight is 547 g/mol. The second kappa shape index (κ2) is 12.3. The molecule has 1 fully saturated rings. The first-order chi connectivity index (χ1) is 18.3. The first-order valence-corrected chi connectivity index (χ1v) is 14.6. The van der Waals surface area contributed by atoms with Crippen molar-refractivity contribution >= 4 is 22.1 Å². The lowest BCUT2D eigenvalue weighted by Gasteiger charge is -2.34. The van der Waals surface area contributed by atoms with Gasteiger partial charge in [-0.3, -0.25) is 0 Å². The summed E-state index contributed by atoms with van der Waals surface area (Å²) < 4.78 is 36.4. The minimum atomic E-state index is -3.73. The Morgan fingerprint density at radius 1 is 1.24 bits per heavy atom. The van der Waals surface area contributed by atoms with E-state index in [1.165, 1.54) is 10.5 Å². The zero-order valence-electron chi connectivity index (χ0n) is 22.3. The lowest BCUT2D eigenvalue weighted by Crippen LogP contribution is -2.48. The summed E-state index contributed by atoms with van der Waals surface area (Å²) in [5.74, 6) is 1.07. The summed E-state index contributed by atoms with van der Waals surface area (Å²) in [6, 6.07) is 4.87. The molecule has 2 aromatic rings. The number of nitrogens with zero attached hydrogens (tertiary/aromatic N) is 5. The molecule has 1 unspecified atom stereocenters. The SMILES string of the molecule is CCCC1NC(c2cc(S(=O)(=O)N3CCN(CCCO)CC3)ccc2OCC)=Nn2cc(C=NO)c(C)c21. The number of aliphatic hydroxyl groups is 1. The quantitative estimate of drug-likeness (QED) is 0.224. The van der Waals surface area contributed by atoms with E-state index in [0.717, 1.165) is 36.2 Å². The van der Waals surface area contributed by atoms with Crippen molar-refractivity contribution in [2.24, 2.45) is 10.3 Å². The third-order valence-corrected chi connectivity index (χ3v) is 8.95. The van der Waals surface area contributed by atoms with Crippen molar-refractivity contribution in [3.63, 3.8) is 0 Å². The predicted molar refractivity (Wildman–Crippen MR) is 146 cm³/mol. The van der Waals surface area contributed by atoms with Crippen LogP contribution >= 0.6 is 0 Å². The maximum absolute atomic E-state index is 13.6. The summed E-state index contributed by atoms with van der Waals surface area (Å²) >= 11 is 0. The van der Waals surface area contributed by atoms with Crippen LogP contribution < -0.4 is 10.1 Å². The zero-order chi connectivity index (χ0) is 27.3. The second-order valence-corrected chi connectivity index (χ2v) is 11.5. The Morgan fingerprint density at radius 2 is 2.00 bits per heavy atom. The molecule has 208 valence electrons. The summed E-state index contributed by atoms with van der Waals surface area (Å²) in [6.07, 6.45) is 5.64. The van der Waals surface area contributed by atoms with E-state index in [1.807, 2.05) is 20.0 Å². The standard InChI is InChI=1S/C26H38N6O5S/c1-4-7-23-25-19(3)20(17-27-34)18-32(25)29-26(28-23)22-16-21(8-9-24(22)37-5-2)38(35,36)31-13-11-30(12-14-31)10-6-15-33/h8-9,16-18,23,33-34H,4-7,10-15H2,1-3H3,(H,28,29). The minimum Gasteiger partial charge on any atom is -0.493 e. The highest BCUT2D eigenvalue weighted by atomic mass is 32.2. The van der Waals surface area contributed by atoms with Gasteiger partial charge in [0.15, 0.2) is 5.84 Å². The summed E-state index contributed by atoms with van der Waals surface area (Å²) in [6.45, 7) is 9.32. The van der Waals surface area contributed by atoms with Crippen LogP contribution in [0.2, 0.25) is 0 Å². The van der Waals surface area contributed by atoms with Crippen LogP contribution in [0.25, 0.3) is 0 Å². The van der Waals surface area contributed by atoms with Crippen molar-refractivity contribution in [1.82, 2.24) is 19.2 Å². The molecule has 1 atom stereocenters. The number of ether oxygens (including phenoxy) is 1. The van der Waals surface area contributed by atoms with E-state index >= 15 is 0 Å². The van der Waals surface area contributed by atoms with E-state index in [0.29, 0.717) is 56.4 Å². The molecular formula is C26H38N6O5S. The molecule has 0 radical (unpaired) electrons. The van der Waals surface area contributed by atoms with Gasteiger partial charge < -0.3 is 25.3 Å². The van der Waals surface area contributed by atoms with Crippen molar-refractivity contribution < 1.29 is 23.5 Å². The van der Waals surface area contributed by atoms with Gasteiger partial charge in [-0.15, -0.1) is 5.10 Å². The molecule has 0 saturated carbocycles. The smallest absolute Gasteiger partial charge is 0.243 e. The molecule has 0 bridgehead atoms. The number of sulfonamides is 1. The van der Waals surface area contributed by atoms with Crippen LogP contribution in [-0.2, 0) is 10.0 Å². The van der Waals surface area contributed by atoms with Gasteiger partial charge in [0.2, 0.25) is 10.0 Å². The summed E-state index contributed by atoms with van der Waals surface area (Å²) in [5, 5.41) is 29.7. The summed E-state index contributed by atoms with van der Waals surface area (Å²) in [4.78, 5) is 2.37. The van der Waals surface area contributed by atoms with E-state index in [2.05, 4.69) is 22.3 Å². The van der Waals surface area contributed by atoms with Gasteiger partial charge >= 0.3 is 0 Å². The van der Waals surface area contributed by atoms with Crippen molar-refractivity contribution in [1.29, 1.82) is 0 Å². The number of nitrogens with one attached hydrogen (secondary N) is 1. The Morgan fingerprint density at radius 3 is 2.66 bits per heavy atom. The summed E-state index contributed by atoms with van der Waals surface area (Å²) in [7, 11) is -3.73.